The molecule has 17 heavy (non-hydrogen) atoms. The van der Waals surface area contributed by atoms with Gasteiger partial charge in [-0.05, 0) is 24.6 Å². The zero-order valence-electron chi connectivity index (χ0n) is 9.70. The number of phenols is 1. The summed E-state index contributed by atoms with van der Waals surface area (Å²) in [7, 11) is -3.58. The van der Waals surface area contributed by atoms with Crippen molar-refractivity contribution in [1.82, 2.24) is 4.31 Å². The van der Waals surface area contributed by atoms with E-state index in [9.17, 15) is 13.5 Å². The summed E-state index contributed by atoms with van der Waals surface area (Å²) in [5.74, 6) is -0.0794. The summed E-state index contributed by atoms with van der Waals surface area (Å²) in [6, 6.07) is 5.57. The maximum atomic E-state index is 12.2. The van der Waals surface area contributed by atoms with E-state index in [1.807, 2.05) is 0 Å². The van der Waals surface area contributed by atoms with E-state index in [2.05, 4.69) is 0 Å². The number of rotatable bonds is 6. The normalized spacial score (nSPS) is 11.9. The van der Waals surface area contributed by atoms with Gasteiger partial charge >= 0.3 is 0 Å². The second-order valence-electron chi connectivity index (χ2n) is 3.57. The lowest BCUT2D eigenvalue weighted by molar-refractivity contribution is 0.271. The zero-order valence-corrected chi connectivity index (χ0v) is 10.5. The number of aliphatic hydroxyl groups excluding tert-OH is 1. The second-order valence-corrected chi connectivity index (χ2v) is 5.51. The summed E-state index contributed by atoms with van der Waals surface area (Å²) in [4.78, 5) is 0.0669. The molecule has 96 valence electrons. The number of benzene rings is 1. The molecule has 0 spiro atoms. The fourth-order valence-electron chi connectivity index (χ4n) is 1.49. The third-order valence-corrected chi connectivity index (χ3v) is 4.34. The molecule has 1 aromatic rings. The van der Waals surface area contributed by atoms with Crippen molar-refractivity contribution in [1.29, 1.82) is 0 Å². The molecular formula is C11H17NO4S. The van der Waals surface area contributed by atoms with Crippen molar-refractivity contribution in [2.75, 3.05) is 19.7 Å². The Morgan fingerprint density at radius 3 is 2.59 bits per heavy atom. The fourth-order valence-corrected chi connectivity index (χ4v) is 3.02. The number of nitrogens with zero attached hydrogens (tertiary/aromatic N) is 1. The minimum atomic E-state index is -3.58. The molecule has 0 aromatic heterocycles. The second kappa shape index (κ2) is 6.00. The molecule has 2 N–H and O–H groups in total. The smallest absolute Gasteiger partial charge is 0.243 e. The predicted molar refractivity (Wildman–Crippen MR) is 64.2 cm³/mol. The van der Waals surface area contributed by atoms with Gasteiger partial charge in [0.25, 0.3) is 0 Å². The highest BCUT2D eigenvalue weighted by atomic mass is 32.2. The fraction of sp³-hybridized carbons (Fsp3) is 0.455. The standard InChI is InChI=1S/C11H17NO4S/c1-2-12(7-4-8-13)17(15,16)11-6-3-5-10(14)9-11/h3,5-6,9,13-14H,2,4,7-8H2,1H3. The Kier molecular flexibility index (Phi) is 4.92. The van der Waals surface area contributed by atoms with Gasteiger partial charge in [-0.3, -0.25) is 0 Å². The molecule has 6 heteroatoms. The Morgan fingerprint density at radius 2 is 2.06 bits per heavy atom. The minimum Gasteiger partial charge on any atom is -0.508 e. The van der Waals surface area contributed by atoms with Gasteiger partial charge in [0.1, 0.15) is 5.75 Å². The van der Waals surface area contributed by atoms with E-state index in [1.54, 1.807) is 6.92 Å². The van der Waals surface area contributed by atoms with Crippen LogP contribution >= 0.6 is 0 Å². The summed E-state index contributed by atoms with van der Waals surface area (Å²) in [5, 5.41) is 18.0. The van der Waals surface area contributed by atoms with Crippen LogP contribution in [0.25, 0.3) is 0 Å². The Morgan fingerprint density at radius 1 is 1.35 bits per heavy atom. The van der Waals surface area contributed by atoms with Gasteiger partial charge in [-0.2, -0.15) is 4.31 Å². The lowest BCUT2D eigenvalue weighted by Gasteiger charge is -2.20. The summed E-state index contributed by atoms with van der Waals surface area (Å²) in [6.45, 7) is 2.28. The van der Waals surface area contributed by atoms with Crippen molar-refractivity contribution in [3.05, 3.63) is 24.3 Å². The summed E-state index contributed by atoms with van der Waals surface area (Å²) in [5.41, 5.74) is 0. The van der Waals surface area contributed by atoms with Crippen LogP contribution in [0.1, 0.15) is 13.3 Å². The molecule has 0 aliphatic heterocycles. The molecule has 0 aliphatic carbocycles. The molecule has 0 aliphatic rings. The van der Waals surface area contributed by atoms with Crippen molar-refractivity contribution in [2.24, 2.45) is 0 Å². The molecule has 0 amide bonds. The summed E-state index contributed by atoms with van der Waals surface area (Å²) >= 11 is 0. The van der Waals surface area contributed by atoms with Crippen LogP contribution in [0.4, 0.5) is 0 Å². The van der Waals surface area contributed by atoms with Crippen molar-refractivity contribution in [3.8, 4) is 5.75 Å². The largest absolute Gasteiger partial charge is 0.508 e. The maximum absolute atomic E-state index is 12.2. The van der Waals surface area contributed by atoms with Crippen LogP contribution in [-0.4, -0.2) is 42.6 Å². The summed E-state index contributed by atoms with van der Waals surface area (Å²) < 4.78 is 25.6. The summed E-state index contributed by atoms with van der Waals surface area (Å²) in [6.07, 6.45) is 0.395. The van der Waals surface area contributed by atoms with Crippen LogP contribution in [-0.2, 0) is 10.0 Å². The van der Waals surface area contributed by atoms with Gasteiger partial charge in [-0.15, -0.1) is 0 Å². The number of aromatic hydroxyl groups is 1. The van der Waals surface area contributed by atoms with Gasteiger partial charge in [-0.25, -0.2) is 8.42 Å². The van der Waals surface area contributed by atoms with Crippen molar-refractivity contribution >= 4 is 10.0 Å². The number of sulfonamides is 1. The van der Waals surface area contributed by atoms with Gasteiger partial charge < -0.3 is 10.2 Å². The molecular weight excluding hydrogens is 242 g/mol. The number of hydrogen-bond acceptors (Lipinski definition) is 4. The topological polar surface area (TPSA) is 77.8 Å². The van der Waals surface area contributed by atoms with E-state index in [0.717, 1.165) is 0 Å². The van der Waals surface area contributed by atoms with E-state index in [0.29, 0.717) is 13.0 Å². The van der Waals surface area contributed by atoms with E-state index < -0.39 is 10.0 Å². The Balaban J connectivity index is 3.00. The Hall–Kier alpha value is -1.11. The molecule has 0 unspecified atom stereocenters. The minimum absolute atomic E-state index is 0.0495. The lowest BCUT2D eigenvalue weighted by Crippen LogP contribution is -2.32. The highest BCUT2D eigenvalue weighted by Crippen LogP contribution is 2.19. The van der Waals surface area contributed by atoms with E-state index in [4.69, 9.17) is 5.11 Å². The first-order valence-electron chi connectivity index (χ1n) is 5.42. The van der Waals surface area contributed by atoms with Crippen molar-refractivity contribution in [3.63, 3.8) is 0 Å². The first-order chi connectivity index (χ1) is 8.02. The highest BCUT2D eigenvalue weighted by molar-refractivity contribution is 7.89. The molecule has 1 rings (SSSR count). The predicted octanol–water partition coefficient (Wildman–Crippen LogP) is 0.785. The monoisotopic (exact) mass is 259 g/mol. The maximum Gasteiger partial charge on any atom is 0.243 e. The Labute approximate surface area is 101 Å². The molecule has 0 atom stereocenters. The highest BCUT2D eigenvalue weighted by Gasteiger charge is 2.22. The van der Waals surface area contributed by atoms with Crippen LogP contribution in [0.5, 0.6) is 5.75 Å². The molecule has 0 heterocycles. The SMILES string of the molecule is CCN(CCCO)S(=O)(=O)c1cccc(O)c1. The molecule has 0 radical (unpaired) electrons. The molecule has 5 nitrogen and oxygen atoms in total. The third kappa shape index (κ3) is 3.42. The molecule has 0 saturated carbocycles. The van der Waals surface area contributed by atoms with Gasteiger partial charge in [0.15, 0.2) is 0 Å². The zero-order chi connectivity index (χ0) is 12.9. The molecule has 0 fully saturated rings. The van der Waals surface area contributed by atoms with Crippen LogP contribution in [0.3, 0.4) is 0 Å². The number of aliphatic hydroxyl groups is 1. The van der Waals surface area contributed by atoms with Crippen LogP contribution in [0.2, 0.25) is 0 Å². The van der Waals surface area contributed by atoms with Gasteiger partial charge in [0.05, 0.1) is 4.90 Å². The molecule has 0 bridgehead atoms. The van der Waals surface area contributed by atoms with Gasteiger partial charge in [0.2, 0.25) is 10.0 Å². The van der Waals surface area contributed by atoms with Crippen molar-refractivity contribution in [2.45, 2.75) is 18.2 Å². The quantitative estimate of drug-likeness (QED) is 0.791. The first kappa shape index (κ1) is 14.0. The lowest BCUT2D eigenvalue weighted by atomic mass is 10.3. The first-order valence-corrected chi connectivity index (χ1v) is 6.86. The number of phenolic OH excluding ortho intramolecular Hbond substituents is 1. The van der Waals surface area contributed by atoms with Crippen molar-refractivity contribution < 1.29 is 18.6 Å². The van der Waals surface area contributed by atoms with E-state index in [-0.39, 0.29) is 23.8 Å². The van der Waals surface area contributed by atoms with E-state index in [1.165, 1.54) is 28.6 Å². The number of hydrogen-bond donors (Lipinski definition) is 2. The third-order valence-electron chi connectivity index (χ3n) is 2.37. The van der Waals surface area contributed by atoms with Gasteiger partial charge in [-0.1, -0.05) is 13.0 Å². The Bertz CT molecular complexity index is 458. The molecule has 0 saturated heterocycles. The molecule has 1 aromatic carbocycles. The van der Waals surface area contributed by atoms with Crippen LogP contribution in [0, 0.1) is 0 Å². The average molecular weight is 259 g/mol. The van der Waals surface area contributed by atoms with E-state index >= 15 is 0 Å². The van der Waals surface area contributed by atoms with Gasteiger partial charge in [0, 0.05) is 19.7 Å². The average Bonchev–Trinajstić information content (AvgIpc) is 2.30. The van der Waals surface area contributed by atoms with Crippen LogP contribution < -0.4 is 0 Å². The van der Waals surface area contributed by atoms with Crippen LogP contribution in [0.15, 0.2) is 29.2 Å².